The molecule has 0 bridgehead atoms. The Hall–Kier alpha value is -8.18. The van der Waals surface area contributed by atoms with Gasteiger partial charge in [0.2, 0.25) is 0 Å². The Balaban J connectivity index is 0.951. The largest absolute Gasteiger partial charge is 0.456 e. The van der Waals surface area contributed by atoms with Gasteiger partial charge in [-0.05, 0) is 117 Å². The minimum atomic E-state index is -0.150. The molecule has 4 heteroatoms. The maximum atomic E-state index is 7.07. The molecule has 13 aromatic rings. The number of hydrogen-bond donors (Lipinski definition) is 0. The van der Waals surface area contributed by atoms with Crippen molar-refractivity contribution in [1.82, 2.24) is 0 Å². The second-order valence-electron chi connectivity index (χ2n) is 18.4. The zero-order chi connectivity index (χ0) is 44.4. The van der Waals surface area contributed by atoms with Crippen LogP contribution in [0, 0.1) is 0 Å². The molecule has 1 aliphatic carbocycles. The van der Waals surface area contributed by atoms with Crippen LogP contribution in [0.3, 0.4) is 0 Å². The Kier molecular flexibility index (Phi) is 8.20. The maximum Gasteiger partial charge on any atom is 0.144 e. The van der Waals surface area contributed by atoms with Gasteiger partial charge in [-0.1, -0.05) is 159 Å². The fraction of sp³-hybridized carbons (Fsp3) is 0.0476. The molecule has 14 rings (SSSR count). The van der Waals surface area contributed by atoms with Crippen LogP contribution in [0.1, 0.15) is 25.0 Å². The number of hydrogen-bond acceptors (Lipinski definition) is 4. The van der Waals surface area contributed by atoms with Crippen molar-refractivity contribution in [3.05, 3.63) is 223 Å². The molecule has 0 spiro atoms. The maximum absolute atomic E-state index is 7.07. The number of benzene rings is 10. The highest BCUT2D eigenvalue weighted by Crippen LogP contribution is 2.52. The minimum absolute atomic E-state index is 0.150. The standard InChI is InChI=1S/C63H41NO2S/c1-63(2)53-20-9-6-15-46(53)47-33-27-41(35-54(47)63)59-60-50-17-7-10-21-55(50)65-57(60)37-52-51-36-44(32-34-56(51)66-61(52)59)64(42-28-23-39(24-29-42)38-13-4-3-5-14-38)43-30-25-40(26-31-43)45-18-12-19-49-48-16-8-11-22-58(48)67-62(45)49/h3-37H,1-2H3. The van der Waals surface area contributed by atoms with E-state index in [1.165, 1.54) is 64.7 Å². The third kappa shape index (κ3) is 5.76. The van der Waals surface area contributed by atoms with Gasteiger partial charge in [-0.3, -0.25) is 0 Å². The Bertz CT molecular complexity index is 4110. The smallest absolute Gasteiger partial charge is 0.144 e. The second kappa shape index (κ2) is 14.4. The van der Waals surface area contributed by atoms with Gasteiger partial charge in [0.15, 0.2) is 0 Å². The lowest BCUT2D eigenvalue weighted by Crippen LogP contribution is -2.14. The molecule has 0 unspecified atom stereocenters. The number of nitrogens with zero attached hydrogens (tertiary/aromatic N) is 1. The molecule has 3 aromatic heterocycles. The molecule has 3 heterocycles. The van der Waals surface area contributed by atoms with Crippen LogP contribution in [-0.2, 0) is 5.41 Å². The molecule has 0 fully saturated rings. The lowest BCUT2D eigenvalue weighted by atomic mass is 9.81. The Morgan fingerprint density at radius 2 is 1.01 bits per heavy atom. The highest BCUT2D eigenvalue weighted by Gasteiger charge is 2.36. The van der Waals surface area contributed by atoms with Crippen molar-refractivity contribution in [2.75, 3.05) is 4.90 Å². The summed E-state index contributed by atoms with van der Waals surface area (Å²) < 4.78 is 16.4. The molecule has 0 aliphatic heterocycles. The average Bonchev–Trinajstić information content (AvgIpc) is 4.12. The molecule has 3 nitrogen and oxygen atoms in total. The Morgan fingerprint density at radius 1 is 0.388 bits per heavy atom. The monoisotopic (exact) mass is 875 g/mol. The van der Waals surface area contributed by atoms with E-state index in [2.05, 4.69) is 225 Å². The van der Waals surface area contributed by atoms with Crippen LogP contribution >= 0.6 is 11.3 Å². The molecule has 316 valence electrons. The van der Waals surface area contributed by atoms with Crippen LogP contribution in [0.5, 0.6) is 0 Å². The summed E-state index contributed by atoms with van der Waals surface area (Å²) in [5.41, 5.74) is 18.7. The van der Waals surface area contributed by atoms with E-state index < -0.39 is 0 Å². The van der Waals surface area contributed by atoms with E-state index in [1.807, 2.05) is 17.4 Å². The Labute approximate surface area is 391 Å². The molecule has 0 saturated carbocycles. The molecular weight excluding hydrogens is 835 g/mol. The van der Waals surface area contributed by atoms with Gasteiger partial charge >= 0.3 is 0 Å². The van der Waals surface area contributed by atoms with Crippen LogP contribution in [-0.4, -0.2) is 0 Å². The van der Waals surface area contributed by atoms with E-state index in [9.17, 15) is 0 Å². The van der Waals surface area contributed by atoms with Crippen LogP contribution in [0.25, 0.3) is 109 Å². The summed E-state index contributed by atoms with van der Waals surface area (Å²) >= 11 is 1.87. The first kappa shape index (κ1) is 38.1. The molecule has 0 radical (unpaired) electrons. The van der Waals surface area contributed by atoms with E-state index in [1.54, 1.807) is 0 Å². The zero-order valence-electron chi connectivity index (χ0n) is 36.9. The minimum Gasteiger partial charge on any atom is -0.456 e. The zero-order valence-corrected chi connectivity index (χ0v) is 37.7. The summed E-state index contributed by atoms with van der Waals surface area (Å²) in [6.07, 6.45) is 0. The predicted octanol–water partition coefficient (Wildman–Crippen LogP) is 18.6. The number of anilines is 3. The quantitative estimate of drug-likeness (QED) is 0.167. The van der Waals surface area contributed by atoms with Crippen molar-refractivity contribution in [2.45, 2.75) is 19.3 Å². The topological polar surface area (TPSA) is 29.5 Å². The fourth-order valence-electron chi connectivity index (χ4n) is 11.0. The van der Waals surface area contributed by atoms with Crippen LogP contribution in [0.2, 0.25) is 0 Å². The molecule has 10 aromatic carbocycles. The summed E-state index contributed by atoms with van der Waals surface area (Å²) in [6, 6.07) is 76.9. The first-order valence-electron chi connectivity index (χ1n) is 23.0. The van der Waals surface area contributed by atoms with Gasteiger partial charge < -0.3 is 13.7 Å². The average molecular weight is 876 g/mol. The summed E-state index contributed by atoms with van der Waals surface area (Å²) in [7, 11) is 0. The van der Waals surface area contributed by atoms with Gasteiger partial charge in [0.05, 0.1) is 0 Å². The van der Waals surface area contributed by atoms with Crippen molar-refractivity contribution in [3.63, 3.8) is 0 Å². The molecule has 0 amide bonds. The first-order chi connectivity index (χ1) is 33.0. The van der Waals surface area contributed by atoms with Crippen molar-refractivity contribution in [2.24, 2.45) is 0 Å². The van der Waals surface area contributed by atoms with E-state index >= 15 is 0 Å². The number of para-hydroxylation sites is 1. The Morgan fingerprint density at radius 3 is 1.85 bits per heavy atom. The van der Waals surface area contributed by atoms with Gasteiger partial charge in [-0.15, -0.1) is 11.3 Å². The van der Waals surface area contributed by atoms with E-state index in [-0.39, 0.29) is 5.41 Å². The number of fused-ring (bicyclic) bond motifs is 12. The van der Waals surface area contributed by atoms with Gasteiger partial charge in [-0.2, -0.15) is 0 Å². The third-order valence-electron chi connectivity index (χ3n) is 14.3. The lowest BCUT2D eigenvalue weighted by molar-refractivity contribution is 0.660. The van der Waals surface area contributed by atoms with E-state index in [0.717, 1.165) is 72.1 Å². The van der Waals surface area contributed by atoms with Crippen LogP contribution in [0.15, 0.2) is 221 Å². The van der Waals surface area contributed by atoms with Crippen molar-refractivity contribution in [1.29, 1.82) is 0 Å². The summed E-state index contributed by atoms with van der Waals surface area (Å²) in [6.45, 7) is 4.68. The van der Waals surface area contributed by atoms with Gasteiger partial charge in [0.25, 0.3) is 0 Å². The molecule has 0 N–H and O–H groups in total. The van der Waals surface area contributed by atoms with Crippen LogP contribution < -0.4 is 4.90 Å². The predicted molar refractivity (Wildman–Crippen MR) is 282 cm³/mol. The summed E-state index contributed by atoms with van der Waals surface area (Å²) in [5, 5.41) is 6.81. The van der Waals surface area contributed by atoms with Gasteiger partial charge in [-0.25, -0.2) is 0 Å². The SMILES string of the molecule is CC1(C)c2ccccc2-c2ccc(-c3c4oc5ccc(N(c6ccc(-c7ccccc7)cc6)c6ccc(-c7cccc8c7sc7ccccc78)cc6)cc5c4cc4oc5ccccc5c34)cc21. The third-order valence-corrected chi connectivity index (χ3v) is 15.5. The second-order valence-corrected chi connectivity index (χ2v) is 19.4. The van der Waals surface area contributed by atoms with Gasteiger partial charge in [0.1, 0.15) is 22.3 Å². The summed E-state index contributed by atoms with van der Waals surface area (Å²) in [4.78, 5) is 2.36. The van der Waals surface area contributed by atoms with E-state index in [0.29, 0.717) is 0 Å². The summed E-state index contributed by atoms with van der Waals surface area (Å²) in [5.74, 6) is 0. The molecular formula is C63H41NO2S. The first-order valence-corrected chi connectivity index (χ1v) is 23.8. The number of rotatable bonds is 6. The fourth-order valence-corrected chi connectivity index (χ4v) is 12.3. The van der Waals surface area contributed by atoms with E-state index in [4.69, 9.17) is 8.83 Å². The highest BCUT2D eigenvalue weighted by atomic mass is 32.1. The van der Waals surface area contributed by atoms with Crippen molar-refractivity contribution < 1.29 is 8.83 Å². The molecule has 1 aliphatic rings. The van der Waals surface area contributed by atoms with Crippen LogP contribution in [0.4, 0.5) is 17.1 Å². The molecule has 67 heavy (non-hydrogen) atoms. The highest BCUT2D eigenvalue weighted by molar-refractivity contribution is 7.26. The lowest BCUT2D eigenvalue weighted by Gasteiger charge is -2.26. The van der Waals surface area contributed by atoms with Crippen molar-refractivity contribution >= 4 is 92.4 Å². The van der Waals surface area contributed by atoms with Crippen molar-refractivity contribution in [3.8, 4) is 44.5 Å². The molecule has 0 saturated heterocycles. The number of thiophene rings is 1. The number of furan rings is 2. The van der Waals surface area contributed by atoms with Gasteiger partial charge in [0, 0.05) is 69.8 Å². The normalized spacial score (nSPS) is 13.0. The molecule has 0 atom stereocenters.